The summed E-state index contributed by atoms with van der Waals surface area (Å²) in [5, 5.41) is 9.08. The number of carbonyl (C=O) groups is 1. The van der Waals surface area contributed by atoms with Gasteiger partial charge < -0.3 is 5.11 Å². The molecule has 0 radical (unpaired) electrons. The van der Waals surface area contributed by atoms with E-state index >= 15 is 0 Å². The van der Waals surface area contributed by atoms with Gasteiger partial charge in [-0.25, -0.2) is 0 Å². The van der Waals surface area contributed by atoms with Crippen molar-refractivity contribution in [3.05, 3.63) is 35.9 Å². The minimum atomic E-state index is -0.657. The minimum absolute atomic E-state index is 0. The Bertz CT molecular complexity index is 383. The van der Waals surface area contributed by atoms with Crippen LogP contribution in [0.25, 0.3) is 0 Å². The molecule has 0 aliphatic carbocycles. The molecule has 1 N–H and O–H groups in total. The predicted octanol–water partition coefficient (Wildman–Crippen LogP) is 2.97. The van der Waals surface area contributed by atoms with Crippen molar-refractivity contribution in [2.75, 3.05) is 13.1 Å². The zero-order valence-corrected chi connectivity index (χ0v) is 11.4. The first-order valence-corrected chi connectivity index (χ1v) is 6.20. The van der Waals surface area contributed by atoms with Gasteiger partial charge in [-0.05, 0) is 31.9 Å². The third-order valence-corrected chi connectivity index (χ3v) is 3.63. The quantitative estimate of drug-likeness (QED) is 0.917. The minimum Gasteiger partial charge on any atom is -0.481 e. The van der Waals surface area contributed by atoms with Crippen molar-refractivity contribution in [1.82, 2.24) is 4.90 Å². The SMILES string of the molecule is CC(c1ccccc1)N1CCCC(C(=O)O)C1.Cl. The van der Waals surface area contributed by atoms with Crippen LogP contribution < -0.4 is 0 Å². The summed E-state index contributed by atoms with van der Waals surface area (Å²) in [6.45, 7) is 3.82. The molecule has 4 heteroatoms. The van der Waals surface area contributed by atoms with Crippen molar-refractivity contribution in [3.8, 4) is 0 Å². The molecule has 1 saturated heterocycles. The fraction of sp³-hybridized carbons (Fsp3) is 0.500. The van der Waals surface area contributed by atoms with Crippen LogP contribution in [0.15, 0.2) is 30.3 Å². The predicted molar refractivity (Wildman–Crippen MR) is 74.0 cm³/mol. The van der Waals surface area contributed by atoms with Gasteiger partial charge in [-0.1, -0.05) is 30.3 Å². The summed E-state index contributed by atoms with van der Waals surface area (Å²) in [5.41, 5.74) is 1.26. The van der Waals surface area contributed by atoms with Gasteiger partial charge in [0.2, 0.25) is 0 Å². The monoisotopic (exact) mass is 269 g/mol. The molecular formula is C14H20ClNO2. The van der Waals surface area contributed by atoms with E-state index in [-0.39, 0.29) is 18.3 Å². The largest absolute Gasteiger partial charge is 0.481 e. The fourth-order valence-electron chi connectivity index (χ4n) is 2.50. The Hall–Kier alpha value is -1.06. The number of hydrogen-bond donors (Lipinski definition) is 1. The topological polar surface area (TPSA) is 40.5 Å². The third kappa shape index (κ3) is 3.47. The van der Waals surface area contributed by atoms with Crippen molar-refractivity contribution >= 4 is 18.4 Å². The van der Waals surface area contributed by atoms with E-state index in [0.29, 0.717) is 12.6 Å². The summed E-state index contributed by atoms with van der Waals surface area (Å²) in [6, 6.07) is 10.6. The molecule has 1 heterocycles. The number of benzene rings is 1. The number of halogens is 1. The number of likely N-dealkylation sites (tertiary alicyclic amines) is 1. The highest BCUT2D eigenvalue weighted by molar-refractivity contribution is 5.85. The Labute approximate surface area is 114 Å². The summed E-state index contributed by atoms with van der Waals surface area (Å²) in [7, 11) is 0. The number of carboxylic acid groups (broad SMARTS) is 1. The zero-order valence-electron chi connectivity index (χ0n) is 10.6. The average Bonchev–Trinajstić information content (AvgIpc) is 2.39. The molecular weight excluding hydrogens is 250 g/mol. The molecule has 0 bridgehead atoms. The number of carboxylic acids is 1. The maximum atomic E-state index is 11.0. The highest BCUT2D eigenvalue weighted by Gasteiger charge is 2.28. The van der Waals surface area contributed by atoms with Gasteiger partial charge in [0.05, 0.1) is 5.92 Å². The van der Waals surface area contributed by atoms with Gasteiger partial charge in [0.1, 0.15) is 0 Å². The van der Waals surface area contributed by atoms with Gasteiger partial charge in [-0.2, -0.15) is 0 Å². The zero-order chi connectivity index (χ0) is 12.3. The number of piperidine rings is 1. The second kappa shape index (κ2) is 6.76. The molecule has 3 nitrogen and oxygen atoms in total. The van der Waals surface area contributed by atoms with E-state index in [1.165, 1.54) is 5.56 Å². The van der Waals surface area contributed by atoms with Crippen LogP contribution in [0.3, 0.4) is 0 Å². The van der Waals surface area contributed by atoms with Crippen LogP contribution >= 0.6 is 12.4 Å². The molecule has 2 unspecified atom stereocenters. The first-order valence-electron chi connectivity index (χ1n) is 6.20. The molecule has 1 aliphatic heterocycles. The van der Waals surface area contributed by atoms with Crippen molar-refractivity contribution in [1.29, 1.82) is 0 Å². The van der Waals surface area contributed by atoms with Gasteiger partial charge >= 0.3 is 5.97 Å². The maximum Gasteiger partial charge on any atom is 0.307 e. The maximum absolute atomic E-state index is 11.0. The molecule has 0 saturated carbocycles. The van der Waals surface area contributed by atoms with Crippen molar-refractivity contribution < 1.29 is 9.90 Å². The van der Waals surface area contributed by atoms with Gasteiger partial charge in [-0.3, -0.25) is 9.69 Å². The summed E-state index contributed by atoms with van der Waals surface area (Å²) >= 11 is 0. The lowest BCUT2D eigenvalue weighted by atomic mass is 9.95. The van der Waals surface area contributed by atoms with E-state index in [4.69, 9.17) is 5.11 Å². The van der Waals surface area contributed by atoms with E-state index < -0.39 is 5.97 Å². The first kappa shape index (κ1) is 15.0. The average molecular weight is 270 g/mol. The second-order valence-corrected chi connectivity index (χ2v) is 4.76. The van der Waals surface area contributed by atoms with Crippen LogP contribution in [-0.4, -0.2) is 29.1 Å². The van der Waals surface area contributed by atoms with E-state index in [2.05, 4.69) is 24.0 Å². The molecule has 100 valence electrons. The van der Waals surface area contributed by atoms with Gasteiger partial charge in [0.25, 0.3) is 0 Å². The highest BCUT2D eigenvalue weighted by Crippen LogP contribution is 2.26. The lowest BCUT2D eigenvalue weighted by Gasteiger charge is -2.35. The molecule has 0 amide bonds. The number of rotatable bonds is 3. The highest BCUT2D eigenvalue weighted by atomic mass is 35.5. The summed E-state index contributed by atoms with van der Waals surface area (Å²) in [6.07, 6.45) is 1.79. The number of hydrogen-bond acceptors (Lipinski definition) is 2. The van der Waals surface area contributed by atoms with Gasteiger partial charge in [-0.15, -0.1) is 12.4 Å². The Morgan fingerprint density at radius 1 is 1.39 bits per heavy atom. The molecule has 1 aliphatic rings. The summed E-state index contributed by atoms with van der Waals surface area (Å²) in [4.78, 5) is 13.3. The van der Waals surface area contributed by atoms with Crippen LogP contribution in [0, 0.1) is 5.92 Å². The first-order chi connectivity index (χ1) is 8.18. The number of nitrogens with zero attached hydrogens (tertiary/aromatic N) is 1. The molecule has 0 aromatic heterocycles. The molecule has 18 heavy (non-hydrogen) atoms. The Morgan fingerprint density at radius 3 is 2.67 bits per heavy atom. The Balaban J connectivity index is 0.00000162. The molecule has 1 fully saturated rings. The second-order valence-electron chi connectivity index (χ2n) is 4.76. The van der Waals surface area contributed by atoms with Crippen LogP contribution in [0.1, 0.15) is 31.4 Å². The van der Waals surface area contributed by atoms with E-state index in [9.17, 15) is 4.79 Å². The van der Waals surface area contributed by atoms with Crippen molar-refractivity contribution in [3.63, 3.8) is 0 Å². The molecule has 1 aromatic carbocycles. The van der Waals surface area contributed by atoms with Crippen LogP contribution in [0.5, 0.6) is 0 Å². The lowest BCUT2D eigenvalue weighted by Crippen LogP contribution is -2.40. The van der Waals surface area contributed by atoms with Crippen LogP contribution in [-0.2, 0) is 4.79 Å². The fourth-order valence-corrected chi connectivity index (χ4v) is 2.50. The standard InChI is InChI=1S/C14H19NO2.ClH/c1-11(12-6-3-2-4-7-12)15-9-5-8-13(10-15)14(16)17;/h2-4,6-7,11,13H,5,8-10H2,1H3,(H,16,17);1H. The van der Waals surface area contributed by atoms with Crippen LogP contribution in [0.4, 0.5) is 0 Å². The molecule has 0 spiro atoms. The van der Waals surface area contributed by atoms with Gasteiger partial charge in [0.15, 0.2) is 0 Å². The smallest absolute Gasteiger partial charge is 0.307 e. The van der Waals surface area contributed by atoms with Gasteiger partial charge in [0, 0.05) is 12.6 Å². The molecule has 2 rings (SSSR count). The Morgan fingerprint density at radius 2 is 2.06 bits per heavy atom. The van der Waals surface area contributed by atoms with Crippen molar-refractivity contribution in [2.45, 2.75) is 25.8 Å². The molecule has 1 aromatic rings. The Kier molecular flexibility index (Phi) is 5.63. The van der Waals surface area contributed by atoms with E-state index in [1.807, 2.05) is 18.2 Å². The summed E-state index contributed by atoms with van der Waals surface area (Å²) < 4.78 is 0. The van der Waals surface area contributed by atoms with Crippen LogP contribution in [0.2, 0.25) is 0 Å². The van der Waals surface area contributed by atoms with Crippen molar-refractivity contribution in [2.24, 2.45) is 5.92 Å². The summed E-state index contributed by atoms with van der Waals surface area (Å²) in [5.74, 6) is -0.857. The normalized spacial score (nSPS) is 21.9. The third-order valence-electron chi connectivity index (χ3n) is 3.63. The molecule has 2 atom stereocenters. The lowest BCUT2D eigenvalue weighted by molar-refractivity contribution is -0.143. The van der Waals surface area contributed by atoms with E-state index in [0.717, 1.165) is 19.4 Å². The van der Waals surface area contributed by atoms with E-state index in [1.54, 1.807) is 0 Å². The number of aliphatic carboxylic acids is 1.